The maximum Gasteiger partial charge on any atom is 0.232 e. The molecule has 0 spiro atoms. The smallest absolute Gasteiger partial charge is 0.232 e. The molecule has 0 amide bonds. The summed E-state index contributed by atoms with van der Waals surface area (Å²) in [4.78, 5) is 8.62. The molecule has 0 saturated carbocycles. The normalized spacial score (nSPS) is 16.2. The van der Waals surface area contributed by atoms with Crippen molar-refractivity contribution in [1.82, 2.24) is 9.97 Å². The van der Waals surface area contributed by atoms with Gasteiger partial charge in [0, 0.05) is 12.1 Å². The topological polar surface area (TPSA) is 75.2 Å². The Morgan fingerprint density at radius 3 is 2.83 bits per heavy atom. The van der Waals surface area contributed by atoms with Gasteiger partial charge in [-0.15, -0.1) is 0 Å². The van der Waals surface area contributed by atoms with Crippen LogP contribution in [-0.2, 0) is 29.3 Å². The second-order valence-electron chi connectivity index (χ2n) is 6.14. The van der Waals surface area contributed by atoms with E-state index in [1.807, 2.05) is 18.2 Å². The Morgan fingerprint density at radius 2 is 2.04 bits per heavy atom. The summed E-state index contributed by atoms with van der Waals surface area (Å²) in [6.07, 6.45) is 4.77. The lowest BCUT2D eigenvalue weighted by molar-refractivity contribution is 0.598. The number of nitrogens with one attached hydrogen (secondary N) is 1. The Kier molecular flexibility index (Phi) is 3.65. The van der Waals surface area contributed by atoms with Gasteiger partial charge in [-0.25, -0.2) is 18.4 Å². The van der Waals surface area contributed by atoms with Crippen LogP contribution in [0.25, 0.3) is 0 Å². The molecule has 6 nitrogen and oxygen atoms in total. The van der Waals surface area contributed by atoms with Crippen LogP contribution in [0.2, 0.25) is 5.28 Å². The molecule has 2 aromatic rings. The van der Waals surface area contributed by atoms with Crippen LogP contribution < -0.4 is 9.62 Å². The van der Waals surface area contributed by atoms with Crippen molar-refractivity contribution < 1.29 is 8.42 Å². The van der Waals surface area contributed by atoms with Crippen molar-refractivity contribution in [2.75, 3.05) is 22.4 Å². The highest BCUT2D eigenvalue weighted by Gasteiger charge is 2.29. The molecule has 1 aromatic carbocycles. The van der Waals surface area contributed by atoms with Crippen LogP contribution >= 0.6 is 11.6 Å². The summed E-state index contributed by atoms with van der Waals surface area (Å²) in [6.45, 7) is 0.468. The summed E-state index contributed by atoms with van der Waals surface area (Å²) in [5.74, 6) is 0.677. The van der Waals surface area contributed by atoms with Crippen molar-refractivity contribution in [3.8, 4) is 0 Å². The molecule has 1 aliphatic carbocycles. The third kappa shape index (κ3) is 2.61. The number of hydrogen-bond acceptors (Lipinski definition) is 5. The van der Waals surface area contributed by atoms with Gasteiger partial charge < -0.3 is 5.32 Å². The number of nitrogens with zero attached hydrogens (tertiary/aromatic N) is 3. The minimum atomic E-state index is -3.32. The van der Waals surface area contributed by atoms with Crippen molar-refractivity contribution in [2.45, 2.75) is 25.7 Å². The van der Waals surface area contributed by atoms with Gasteiger partial charge in [-0.2, -0.15) is 0 Å². The fourth-order valence-corrected chi connectivity index (χ4v) is 4.64. The SMILES string of the molecule is CS(=O)(=O)N1CCc2cccc(Nc3nc(Cl)nc4c3CCC4)c21. The van der Waals surface area contributed by atoms with Gasteiger partial charge in [-0.3, -0.25) is 4.31 Å². The lowest BCUT2D eigenvalue weighted by atomic mass is 10.1. The molecule has 8 heteroatoms. The highest BCUT2D eigenvalue weighted by atomic mass is 35.5. The van der Waals surface area contributed by atoms with E-state index in [1.165, 1.54) is 10.6 Å². The van der Waals surface area contributed by atoms with Gasteiger partial charge >= 0.3 is 0 Å². The van der Waals surface area contributed by atoms with E-state index in [2.05, 4.69) is 15.3 Å². The highest BCUT2D eigenvalue weighted by Crippen LogP contribution is 2.39. The minimum absolute atomic E-state index is 0.214. The van der Waals surface area contributed by atoms with Crippen LogP contribution in [0.3, 0.4) is 0 Å². The van der Waals surface area contributed by atoms with E-state index < -0.39 is 10.0 Å². The maximum atomic E-state index is 12.1. The largest absolute Gasteiger partial charge is 0.338 e. The van der Waals surface area contributed by atoms with Crippen LogP contribution in [-0.4, -0.2) is 31.2 Å². The minimum Gasteiger partial charge on any atom is -0.338 e. The van der Waals surface area contributed by atoms with Crippen molar-refractivity contribution in [2.24, 2.45) is 0 Å². The molecule has 1 N–H and O–H groups in total. The summed E-state index contributed by atoms with van der Waals surface area (Å²) in [6, 6.07) is 5.76. The Labute approximate surface area is 145 Å². The lowest BCUT2D eigenvalue weighted by Crippen LogP contribution is -2.28. The molecule has 4 rings (SSSR count). The highest BCUT2D eigenvalue weighted by molar-refractivity contribution is 7.92. The third-order valence-electron chi connectivity index (χ3n) is 4.51. The fourth-order valence-electron chi connectivity index (χ4n) is 3.49. The first-order valence-corrected chi connectivity index (χ1v) is 10.1. The molecular formula is C16H17ClN4O2S. The molecule has 1 aromatic heterocycles. The molecule has 0 bridgehead atoms. The third-order valence-corrected chi connectivity index (χ3v) is 5.85. The zero-order valence-electron chi connectivity index (χ0n) is 13.2. The van der Waals surface area contributed by atoms with Gasteiger partial charge in [0.15, 0.2) is 0 Å². The van der Waals surface area contributed by atoms with E-state index in [0.29, 0.717) is 24.5 Å². The second kappa shape index (κ2) is 5.60. The van der Waals surface area contributed by atoms with E-state index in [1.54, 1.807) is 0 Å². The fraction of sp³-hybridized carbons (Fsp3) is 0.375. The zero-order valence-corrected chi connectivity index (χ0v) is 14.8. The quantitative estimate of drug-likeness (QED) is 0.847. The van der Waals surface area contributed by atoms with Crippen molar-refractivity contribution in [3.05, 3.63) is 40.3 Å². The number of anilines is 3. The number of halogens is 1. The van der Waals surface area contributed by atoms with Crippen molar-refractivity contribution in [3.63, 3.8) is 0 Å². The molecule has 2 heterocycles. The molecule has 0 saturated heterocycles. The first kappa shape index (κ1) is 15.7. The van der Waals surface area contributed by atoms with Crippen LogP contribution in [0.5, 0.6) is 0 Å². The maximum absolute atomic E-state index is 12.1. The molecule has 2 aliphatic rings. The molecule has 0 radical (unpaired) electrons. The molecule has 0 fully saturated rings. The zero-order chi connectivity index (χ0) is 16.9. The number of sulfonamides is 1. The number of benzene rings is 1. The first-order valence-electron chi connectivity index (χ1n) is 7.85. The summed E-state index contributed by atoms with van der Waals surface area (Å²) < 4.78 is 25.6. The monoisotopic (exact) mass is 364 g/mol. The van der Waals surface area contributed by atoms with Gasteiger partial charge in [-0.1, -0.05) is 12.1 Å². The summed E-state index contributed by atoms with van der Waals surface area (Å²) >= 11 is 6.04. The van der Waals surface area contributed by atoms with Gasteiger partial charge in [-0.05, 0) is 48.9 Å². The number of para-hydroxylation sites is 1. The van der Waals surface area contributed by atoms with Gasteiger partial charge in [0.25, 0.3) is 0 Å². The average molecular weight is 365 g/mol. The van der Waals surface area contributed by atoms with Crippen LogP contribution in [0.1, 0.15) is 23.2 Å². The average Bonchev–Trinajstić information content (AvgIpc) is 3.12. The number of hydrogen-bond donors (Lipinski definition) is 1. The van der Waals surface area contributed by atoms with E-state index >= 15 is 0 Å². The predicted molar refractivity (Wildman–Crippen MR) is 94.7 cm³/mol. The van der Waals surface area contributed by atoms with Gasteiger partial charge in [0.2, 0.25) is 15.3 Å². The van der Waals surface area contributed by atoms with Crippen molar-refractivity contribution in [1.29, 1.82) is 0 Å². The van der Waals surface area contributed by atoms with Crippen LogP contribution in [0, 0.1) is 0 Å². The molecule has 0 atom stereocenters. The van der Waals surface area contributed by atoms with Gasteiger partial charge in [0.05, 0.1) is 23.3 Å². The van der Waals surface area contributed by atoms with Crippen molar-refractivity contribution >= 4 is 38.8 Å². The molecule has 1 aliphatic heterocycles. The standard InChI is InChI=1S/C16H17ClN4O2S/c1-24(22,23)21-9-8-10-4-2-7-13(14(10)21)18-15-11-5-3-6-12(11)19-16(17)20-15/h2,4,7H,3,5-6,8-9H2,1H3,(H,18,19,20). The van der Waals surface area contributed by atoms with Crippen LogP contribution in [0.15, 0.2) is 18.2 Å². The Balaban J connectivity index is 1.80. The van der Waals surface area contributed by atoms with E-state index in [4.69, 9.17) is 11.6 Å². The first-order chi connectivity index (χ1) is 11.4. The lowest BCUT2D eigenvalue weighted by Gasteiger charge is -2.21. The predicted octanol–water partition coefficient (Wildman–Crippen LogP) is 2.68. The molecular weight excluding hydrogens is 348 g/mol. The second-order valence-corrected chi connectivity index (χ2v) is 8.39. The summed E-state index contributed by atoms with van der Waals surface area (Å²) in [5.41, 5.74) is 4.51. The number of fused-ring (bicyclic) bond motifs is 2. The van der Waals surface area contributed by atoms with E-state index in [9.17, 15) is 8.42 Å². The summed E-state index contributed by atoms with van der Waals surface area (Å²) in [5, 5.41) is 3.52. The van der Waals surface area contributed by atoms with Crippen LogP contribution in [0.4, 0.5) is 17.2 Å². The molecule has 24 heavy (non-hydrogen) atoms. The Bertz CT molecular complexity index is 930. The van der Waals surface area contributed by atoms with E-state index in [-0.39, 0.29) is 5.28 Å². The van der Waals surface area contributed by atoms with Gasteiger partial charge in [0.1, 0.15) is 5.82 Å². The van der Waals surface area contributed by atoms with E-state index in [0.717, 1.165) is 41.8 Å². The Hall–Kier alpha value is -1.86. The number of aromatic nitrogens is 2. The number of aryl methyl sites for hydroxylation is 1. The number of rotatable bonds is 3. The molecule has 0 unspecified atom stereocenters. The molecule has 126 valence electrons. The Morgan fingerprint density at radius 1 is 1.21 bits per heavy atom. The summed E-state index contributed by atoms with van der Waals surface area (Å²) in [7, 11) is -3.32.